The van der Waals surface area contributed by atoms with Gasteiger partial charge in [0.25, 0.3) is 5.78 Å². The average molecular weight is 142 g/mol. The molecule has 0 aliphatic rings. The van der Waals surface area contributed by atoms with E-state index in [1.807, 2.05) is 0 Å². The normalized spacial score (nSPS) is 15.8. The highest BCUT2D eigenvalue weighted by Gasteiger charge is 2.32. The van der Waals surface area contributed by atoms with Crippen LogP contribution in [-0.2, 0) is 9.59 Å². The maximum Gasteiger partial charge on any atom is 0.375 e. The maximum absolute atomic E-state index is 10.5. The Hall–Kier alpha value is -0.835. The van der Waals surface area contributed by atoms with Crippen LogP contribution in [0.3, 0.4) is 0 Å². The van der Waals surface area contributed by atoms with Crippen LogP contribution in [0.15, 0.2) is 0 Å². The molecule has 0 aromatic carbocycles. The molecule has 0 rings (SSSR count). The van der Waals surface area contributed by atoms with Gasteiger partial charge in [0.05, 0.1) is 7.85 Å². The van der Waals surface area contributed by atoms with Gasteiger partial charge < -0.3 is 10.2 Å². The van der Waals surface area contributed by atoms with Crippen molar-refractivity contribution in [1.82, 2.24) is 0 Å². The molecule has 0 unspecified atom stereocenters. The lowest BCUT2D eigenvalue weighted by molar-refractivity contribution is -0.156. The number of aliphatic carboxylic acids is 1. The average Bonchev–Trinajstić information content (AvgIpc) is 1.86. The van der Waals surface area contributed by atoms with Gasteiger partial charge in [-0.25, -0.2) is 4.79 Å². The molecule has 4 nitrogen and oxygen atoms in total. The zero-order valence-corrected chi connectivity index (χ0v) is 5.50. The van der Waals surface area contributed by atoms with Crippen LogP contribution in [0.1, 0.15) is 6.92 Å². The van der Waals surface area contributed by atoms with Crippen molar-refractivity contribution in [2.45, 2.75) is 18.8 Å². The molecule has 0 aliphatic heterocycles. The second-order valence-electron chi connectivity index (χ2n) is 2.11. The molecule has 0 aliphatic carbocycles. The fourth-order valence-corrected chi connectivity index (χ4v) is 0.323. The molecule has 0 spiro atoms. The zero-order chi connectivity index (χ0) is 8.36. The van der Waals surface area contributed by atoms with Gasteiger partial charge in [-0.1, -0.05) is 6.32 Å². The first-order valence-corrected chi connectivity index (χ1v) is 2.62. The van der Waals surface area contributed by atoms with E-state index in [-0.39, 0.29) is 0 Å². The Balaban J connectivity index is 4.33. The maximum atomic E-state index is 10.5. The summed E-state index contributed by atoms with van der Waals surface area (Å²) in [7, 11) is 4.91. The van der Waals surface area contributed by atoms with Crippen LogP contribution in [0.5, 0.6) is 0 Å². The molecule has 0 heterocycles. The van der Waals surface area contributed by atoms with E-state index in [4.69, 9.17) is 18.1 Å². The predicted octanol–water partition coefficient (Wildman–Crippen LogP) is -1.02. The van der Waals surface area contributed by atoms with E-state index in [0.29, 0.717) is 0 Å². The van der Waals surface area contributed by atoms with E-state index in [9.17, 15) is 9.59 Å². The lowest BCUT2D eigenvalue weighted by Gasteiger charge is -2.15. The molecule has 0 aromatic rings. The monoisotopic (exact) mass is 142 g/mol. The molecular formula is C5H7BO4. The van der Waals surface area contributed by atoms with Crippen LogP contribution >= 0.6 is 0 Å². The van der Waals surface area contributed by atoms with Crippen molar-refractivity contribution in [2.75, 3.05) is 0 Å². The molecule has 0 saturated carbocycles. The number of aliphatic hydroxyl groups is 1. The highest BCUT2D eigenvalue weighted by atomic mass is 16.4. The van der Waals surface area contributed by atoms with Crippen molar-refractivity contribution in [3.05, 3.63) is 0 Å². The van der Waals surface area contributed by atoms with Gasteiger partial charge in [0.15, 0.2) is 0 Å². The van der Waals surface area contributed by atoms with Gasteiger partial charge in [0, 0.05) is 0 Å². The Morgan fingerprint density at radius 3 is 2.10 bits per heavy atom. The van der Waals surface area contributed by atoms with E-state index in [1.165, 1.54) is 0 Å². The van der Waals surface area contributed by atoms with E-state index < -0.39 is 23.7 Å². The van der Waals surface area contributed by atoms with Crippen LogP contribution < -0.4 is 0 Å². The van der Waals surface area contributed by atoms with Crippen LogP contribution in [0.2, 0.25) is 6.32 Å². The summed E-state index contributed by atoms with van der Waals surface area (Å²) >= 11 is 0. The molecule has 54 valence electrons. The number of carbonyl (C=O) groups is 2. The summed E-state index contributed by atoms with van der Waals surface area (Å²) in [6.45, 7) is 1.06. The van der Waals surface area contributed by atoms with Crippen LogP contribution in [-0.4, -0.2) is 35.4 Å². The van der Waals surface area contributed by atoms with Gasteiger partial charge in [-0.3, -0.25) is 4.79 Å². The number of carboxylic acids is 1. The number of rotatable bonds is 3. The molecule has 1 atom stereocenters. The highest BCUT2D eigenvalue weighted by molar-refractivity contribution is 6.37. The second-order valence-corrected chi connectivity index (χ2v) is 2.11. The largest absolute Gasteiger partial charge is 0.475 e. The van der Waals surface area contributed by atoms with Gasteiger partial charge in [-0.15, -0.1) is 0 Å². The van der Waals surface area contributed by atoms with Crippen molar-refractivity contribution in [3.8, 4) is 0 Å². The summed E-state index contributed by atoms with van der Waals surface area (Å²) in [5.74, 6) is -2.95. The number of hydrogen-bond donors (Lipinski definition) is 2. The number of Topliss-reactive ketones (excluding diaryl/α,β-unsaturated/α-hetero) is 1. The Morgan fingerprint density at radius 2 is 2.00 bits per heavy atom. The summed E-state index contributed by atoms with van der Waals surface area (Å²) in [6.07, 6.45) is -0.391. The lowest BCUT2D eigenvalue weighted by Crippen LogP contribution is -2.39. The third kappa shape index (κ3) is 1.84. The van der Waals surface area contributed by atoms with E-state index >= 15 is 0 Å². The molecule has 5 heteroatoms. The SMILES string of the molecule is [B]C[C@](C)(O)C(=O)C(=O)O. The van der Waals surface area contributed by atoms with Crippen molar-refractivity contribution in [3.63, 3.8) is 0 Å². The Labute approximate surface area is 59.3 Å². The minimum atomic E-state index is -1.94. The number of carbonyl (C=O) groups excluding carboxylic acids is 1. The molecule has 0 bridgehead atoms. The highest BCUT2D eigenvalue weighted by Crippen LogP contribution is 2.08. The molecule has 0 aromatic heterocycles. The predicted molar refractivity (Wildman–Crippen MR) is 33.8 cm³/mol. The molecular weight excluding hydrogens is 135 g/mol. The van der Waals surface area contributed by atoms with Crippen molar-refractivity contribution >= 4 is 19.6 Å². The van der Waals surface area contributed by atoms with Gasteiger partial charge in [0.1, 0.15) is 5.60 Å². The van der Waals surface area contributed by atoms with Gasteiger partial charge in [0.2, 0.25) is 0 Å². The van der Waals surface area contributed by atoms with Crippen LogP contribution in [0.25, 0.3) is 0 Å². The minimum Gasteiger partial charge on any atom is -0.475 e. The summed E-state index contributed by atoms with van der Waals surface area (Å²) in [4.78, 5) is 20.4. The fraction of sp³-hybridized carbons (Fsp3) is 0.600. The Morgan fingerprint density at radius 1 is 1.60 bits per heavy atom. The van der Waals surface area contributed by atoms with Gasteiger partial charge in [-0.05, 0) is 6.92 Å². The summed E-state index contributed by atoms with van der Waals surface area (Å²) in [6, 6.07) is 0. The topological polar surface area (TPSA) is 74.6 Å². The lowest BCUT2D eigenvalue weighted by atomic mass is 9.85. The zero-order valence-electron chi connectivity index (χ0n) is 5.50. The number of ketones is 1. The number of carboxylic acid groups (broad SMARTS) is 1. The van der Waals surface area contributed by atoms with E-state index in [1.54, 1.807) is 0 Å². The molecule has 0 amide bonds. The molecule has 2 N–H and O–H groups in total. The van der Waals surface area contributed by atoms with Gasteiger partial charge >= 0.3 is 5.97 Å². The number of hydrogen-bond acceptors (Lipinski definition) is 3. The second kappa shape index (κ2) is 2.83. The van der Waals surface area contributed by atoms with Gasteiger partial charge in [-0.2, -0.15) is 0 Å². The first-order chi connectivity index (χ1) is 4.41. The third-order valence-electron chi connectivity index (χ3n) is 1.08. The quantitative estimate of drug-likeness (QED) is 0.390. The first-order valence-electron chi connectivity index (χ1n) is 2.62. The van der Waals surface area contributed by atoms with Crippen molar-refractivity contribution in [2.24, 2.45) is 0 Å². The van der Waals surface area contributed by atoms with Crippen molar-refractivity contribution in [1.29, 1.82) is 0 Å². The minimum absolute atomic E-state index is 0.391. The van der Waals surface area contributed by atoms with Crippen molar-refractivity contribution < 1.29 is 19.8 Å². The molecule has 10 heavy (non-hydrogen) atoms. The van der Waals surface area contributed by atoms with Crippen LogP contribution in [0.4, 0.5) is 0 Å². The summed E-state index contributed by atoms with van der Waals surface area (Å²) < 4.78 is 0. The Bertz CT molecular complexity index is 163. The summed E-state index contributed by atoms with van der Waals surface area (Å²) in [5, 5.41) is 17.0. The smallest absolute Gasteiger partial charge is 0.375 e. The first kappa shape index (κ1) is 9.16. The Kier molecular flexibility index (Phi) is 2.60. The van der Waals surface area contributed by atoms with Crippen LogP contribution in [0, 0.1) is 0 Å². The van der Waals surface area contributed by atoms with E-state index in [0.717, 1.165) is 6.92 Å². The third-order valence-corrected chi connectivity index (χ3v) is 1.08. The van der Waals surface area contributed by atoms with E-state index in [2.05, 4.69) is 0 Å². The molecule has 2 radical (unpaired) electrons. The molecule has 0 saturated heterocycles. The summed E-state index contributed by atoms with van der Waals surface area (Å²) in [5.41, 5.74) is -1.94. The standard InChI is InChI=1S/C5H7BO4/c1-5(10,2-6)3(7)4(8)9/h10H,2H2,1H3,(H,8,9)/t5-/m0/s1. The fourth-order valence-electron chi connectivity index (χ4n) is 0.323. The molecule has 0 fully saturated rings.